The van der Waals surface area contributed by atoms with Crippen LogP contribution in [0, 0.1) is 5.41 Å². The van der Waals surface area contributed by atoms with E-state index >= 15 is 0 Å². The molecule has 2 aliphatic rings. The summed E-state index contributed by atoms with van der Waals surface area (Å²) in [5.74, 6) is 0. The van der Waals surface area contributed by atoms with Crippen LogP contribution in [0.2, 0.25) is 0 Å². The maximum atomic E-state index is 13.0. The van der Waals surface area contributed by atoms with E-state index in [-0.39, 0.29) is 10.7 Å². The van der Waals surface area contributed by atoms with E-state index in [9.17, 15) is 8.42 Å². The first-order chi connectivity index (χ1) is 10.5. The van der Waals surface area contributed by atoms with Crippen LogP contribution in [0.15, 0.2) is 46.4 Å². The summed E-state index contributed by atoms with van der Waals surface area (Å²) < 4.78 is 26.0. The van der Waals surface area contributed by atoms with Crippen molar-refractivity contribution in [3.63, 3.8) is 0 Å². The lowest BCUT2D eigenvalue weighted by Gasteiger charge is -2.36. The molecule has 1 spiro atoms. The Kier molecular flexibility index (Phi) is 4.19. The zero-order chi connectivity index (χ0) is 15.8. The van der Waals surface area contributed by atoms with Crippen LogP contribution in [0.1, 0.15) is 58.8 Å². The van der Waals surface area contributed by atoms with Gasteiger partial charge in [0.05, 0.1) is 10.1 Å². The van der Waals surface area contributed by atoms with Crippen molar-refractivity contribution in [2.45, 2.75) is 68.9 Å². The van der Waals surface area contributed by atoms with Gasteiger partial charge in [-0.25, -0.2) is 8.42 Å². The predicted molar refractivity (Wildman–Crippen MR) is 90.5 cm³/mol. The normalized spacial score (nSPS) is 24.6. The van der Waals surface area contributed by atoms with Crippen molar-refractivity contribution in [2.24, 2.45) is 5.41 Å². The Bertz CT molecular complexity index is 661. The van der Waals surface area contributed by atoms with E-state index in [2.05, 4.69) is 13.8 Å². The van der Waals surface area contributed by atoms with E-state index in [0.29, 0.717) is 4.90 Å². The largest absolute Gasteiger partial charge is 0.223 e. The molecule has 1 aromatic carbocycles. The fourth-order valence-electron chi connectivity index (χ4n) is 4.57. The summed E-state index contributed by atoms with van der Waals surface area (Å²) >= 11 is 0. The van der Waals surface area contributed by atoms with Crippen molar-refractivity contribution in [1.82, 2.24) is 0 Å². The van der Waals surface area contributed by atoms with Gasteiger partial charge in [0.2, 0.25) is 0 Å². The first kappa shape index (κ1) is 15.8. The van der Waals surface area contributed by atoms with E-state index in [1.165, 1.54) is 43.3 Å². The molecule has 1 aromatic rings. The summed E-state index contributed by atoms with van der Waals surface area (Å²) in [4.78, 5) is 0.487. The molecule has 0 N–H and O–H groups in total. The van der Waals surface area contributed by atoms with Crippen molar-refractivity contribution >= 4 is 9.84 Å². The van der Waals surface area contributed by atoms with Crippen LogP contribution < -0.4 is 0 Å². The number of sulfone groups is 1. The highest BCUT2D eigenvalue weighted by molar-refractivity contribution is 7.92. The molecule has 0 heterocycles. The minimum Gasteiger partial charge on any atom is -0.223 e. The molecule has 3 heteroatoms. The van der Waals surface area contributed by atoms with Crippen LogP contribution >= 0.6 is 0 Å². The molecule has 3 rings (SSSR count). The quantitative estimate of drug-likeness (QED) is 0.726. The summed E-state index contributed by atoms with van der Waals surface area (Å²) in [7, 11) is -3.21. The van der Waals surface area contributed by atoms with Crippen LogP contribution in [0.3, 0.4) is 0 Å². The highest BCUT2D eigenvalue weighted by atomic mass is 32.2. The molecule has 2 fully saturated rings. The first-order valence-corrected chi connectivity index (χ1v) is 9.96. The molecule has 0 bridgehead atoms. The van der Waals surface area contributed by atoms with Gasteiger partial charge < -0.3 is 0 Å². The topological polar surface area (TPSA) is 34.1 Å². The van der Waals surface area contributed by atoms with Crippen molar-refractivity contribution in [3.8, 4) is 0 Å². The molecule has 2 nitrogen and oxygen atoms in total. The molecule has 0 saturated heterocycles. The second kappa shape index (κ2) is 5.84. The summed E-state index contributed by atoms with van der Waals surface area (Å²) in [5.41, 5.74) is 2.95. The van der Waals surface area contributed by atoms with Crippen LogP contribution in [0.25, 0.3) is 0 Å². The Hall–Kier alpha value is -1.09. The lowest BCUT2D eigenvalue weighted by atomic mass is 9.69. The third kappa shape index (κ3) is 2.64. The van der Waals surface area contributed by atoms with Crippen LogP contribution in [-0.2, 0) is 9.84 Å². The summed E-state index contributed by atoms with van der Waals surface area (Å²) in [6, 6.07) is 8.99. The van der Waals surface area contributed by atoms with Gasteiger partial charge in [0.1, 0.15) is 0 Å². The van der Waals surface area contributed by atoms with Gasteiger partial charge in [-0.3, -0.25) is 0 Å². The third-order valence-electron chi connectivity index (χ3n) is 5.62. The molecule has 0 aliphatic heterocycles. The standard InChI is InChI=1S/C19H26O2S/c1-15(2)18-13-17(14-19(18)11-7-4-8-12-19)22(20,21)16-9-5-3-6-10-16/h3,5-6,9-10,17H,4,7-8,11-14H2,1-2H3. The Morgan fingerprint density at radius 2 is 1.68 bits per heavy atom. The monoisotopic (exact) mass is 318 g/mol. The minimum absolute atomic E-state index is 0.170. The van der Waals surface area contributed by atoms with Gasteiger partial charge in [-0.2, -0.15) is 0 Å². The summed E-state index contributed by atoms with van der Waals surface area (Å²) in [5, 5.41) is -0.238. The molecular weight excluding hydrogens is 292 g/mol. The highest BCUT2D eigenvalue weighted by Gasteiger charge is 2.48. The number of benzene rings is 1. The molecule has 2 saturated carbocycles. The number of rotatable bonds is 2. The molecule has 0 radical (unpaired) electrons. The SMILES string of the molecule is CC(C)=C1CC(S(=O)(=O)c2ccccc2)CC12CCCCC2. The van der Waals surface area contributed by atoms with E-state index in [4.69, 9.17) is 0 Å². The molecule has 1 unspecified atom stereocenters. The zero-order valence-corrected chi connectivity index (χ0v) is 14.5. The molecule has 0 amide bonds. The van der Waals surface area contributed by atoms with Crippen LogP contribution in [0.4, 0.5) is 0 Å². The smallest absolute Gasteiger partial charge is 0.181 e. The second-order valence-corrected chi connectivity index (χ2v) is 9.44. The molecule has 2 aliphatic carbocycles. The molecule has 1 atom stereocenters. The number of hydrogen-bond acceptors (Lipinski definition) is 2. The molecule has 22 heavy (non-hydrogen) atoms. The molecule has 120 valence electrons. The van der Waals surface area contributed by atoms with Gasteiger partial charge in [-0.1, -0.05) is 48.6 Å². The van der Waals surface area contributed by atoms with Gasteiger partial charge in [-0.05, 0) is 57.1 Å². The Morgan fingerprint density at radius 3 is 2.27 bits per heavy atom. The van der Waals surface area contributed by atoms with Gasteiger partial charge in [0, 0.05) is 0 Å². The lowest BCUT2D eigenvalue weighted by molar-refractivity contribution is 0.246. The Balaban J connectivity index is 1.96. The second-order valence-electron chi connectivity index (χ2n) is 7.21. The number of allylic oxidation sites excluding steroid dienone is 2. The Morgan fingerprint density at radius 1 is 1.05 bits per heavy atom. The van der Waals surface area contributed by atoms with Crippen LogP contribution in [0.5, 0.6) is 0 Å². The molecular formula is C19H26O2S. The van der Waals surface area contributed by atoms with Crippen molar-refractivity contribution < 1.29 is 8.42 Å². The van der Waals surface area contributed by atoms with Crippen molar-refractivity contribution in [3.05, 3.63) is 41.5 Å². The Labute approximate surface area is 134 Å². The zero-order valence-electron chi connectivity index (χ0n) is 13.6. The fraction of sp³-hybridized carbons (Fsp3) is 0.579. The number of hydrogen-bond donors (Lipinski definition) is 0. The average molecular weight is 318 g/mol. The van der Waals surface area contributed by atoms with Crippen molar-refractivity contribution in [1.29, 1.82) is 0 Å². The highest BCUT2D eigenvalue weighted by Crippen LogP contribution is 2.55. The lowest BCUT2D eigenvalue weighted by Crippen LogP contribution is -2.25. The van der Waals surface area contributed by atoms with Gasteiger partial charge >= 0.3 is 0 Å². The van der Waals surface area contributed by atoms with Crippen LogP contribution in [-0.4, -0.2) is 13.7 Å². The minimum atomic E-state index is -3.21. The van der Waals surface area contributed by atoms with Gasteiger partial charge in [-0.15, -0.1) is 0 Å². The van der Waals surface area contributed by atoms with E-state index in [1.54, 1.807) is 12.1 Å². The summed E-state index contributed by atoms with van der Waals surface area (Å²) in [6.45, 7) is 4.31. The third-order valence-corrected chi connectivity index (χ3v) is 7.76. The maximum absolute atomic E-state index is 13.0. The van der Waals surface area contributed by atoms with E-state index in [1.807, 2.05) is 18.2 Å². The average Bonchev–Trinajstić information content (AvgIpc) is 2.89. The maximum Gasteiger partial charge on any atom is 0.181 e. The molecule has 0 aromatic heterocycles. The van der Waals surface area contributed by atoms with Gasteiger partial charge in [0.25, 0.3) is 0 Å². The van der Waals surface area contributed by atoms with E-state index in [0.717, 1.165) is 12.8 Å². The van der Waals surface area contributed by atoms with E-state index < -0.39 is 9.84 Å². The van der Waals surface area contributed by atoms with Gasteiger partial charge in [0.15, 0.2) is 9.84 Å². The fourth-order valence-corrected chi connectivity index (χ4v) is 6.41. The first-order valence-electron chi connectivity index (χ1n) is 8.41. The summed E-state index contributed by atoms with van der Waals surface area (Å²) in [6.07, 6.45) is 7.70. The predicted octanol–water partition coefficient (Wildman–Crippen LogP) is 4.91. The van der Waals surface area contributed by atoms with Crippen molar-refractivity contribution in [2.75, 3.05) is 0 Å².